The van der Waals surface area contributed by atoms with E-state index in [4.69, 9.17) is 22.1 Å². The summed E-state index contributed by atoms with van der Waals surface area (Å²) in [7, 11) is 3.20. The quantitative estimate of drug-likeness (QED) is 0.465. The molecule has 0 aliphatic carbocycles. The Bertz CT molecular complexity index is 1090. The maximum Gasteiger partial charge on any atom is 0.323 e. The van der Waals surface area contributed by atoms with Crippen LogP contribution in [0.3, 0.4) is 0 Å². The number of hydrogen-bond acceptors (Lipinski definition) is 8. The molecule has 0 saturated heterocycles. The van der Waals surface area contributed by atoms with Crippen molar-refractivity contribution in [1.29, 1.82) is 0 Å². The molecule has 3 N–H and O–H groups in total. The van der Waals surface area contributed by atoms with Gasteiger partial charge < -0.3 is 20.5 Å². The van der Waals surface area contributed by atoms with Crippen LogP contribution in [0.5, 0.6) is 0 Å². The van der Waals surface area contributed by atoms with Crippen LogP contribution in [-0.4, -0.2) is 51.4 Å². The van der Waals surface area contributed by atoms with E-state index < -0.39 is 36.4 Å². The van der Waals surface area contributed by atoms with Crippen molar-refractivity contribution in [2.75, 3.05) is 25.6 Å². The second kappa shape index (κ2) is 8.91. The molecule has 0 aliphatic heterocycles. The molecule has 0 bridgehead atoms. The molecule has 2 unspecified atom stereocenters. The predicted molar refractivity (Wildman–Crippen MR) is 111 cm³/mol. The van der Waals surface area contributed by atoms with E-state index in [2.05, 4.69) is 15.3 Å². The second-order valence-electron chi connectivity index (χ2n) is 7.02. The largest absolute Gasteiger partial charge is 0.462 e. The predicted octanol–water partition coefficient (Wildman–Crippen LogP) is 1.26. The van der Waals surface area contributed by atoms with Gasteiger partial charge in [-0.1, -0.05) is 27.6 Å². The van der Waals surface area contributed by atoms with Crippen molar-refractivity contribution in [2.45, 2.75) is 46.8 Å². The maximum absolute atomic E-state index is 12.6. The number of hydrogen-bond donors (Lipinski definition) is 2. The Morgan fingerprint density at radius 3 is 2.72 bits per heavy atom. The molecule has 0 spiro atoms. The first-order chi connectivity index (χ1) is 15.4. The maximum atomic E-state index is 12.6. The fraction of sp³-hybridized carbons (Fsp3) is 0.684. The van der Waals surface area contributed by atoms with Crippen molar-refractivity contribution >= 4 is 23.1 Å². The first kappa shape index (κ1) is 16.3. The summed E-state index contributed by atoms with van der Waals surface area (Å²) < 4.78 is 53.5. The van der Waals surface area contributed by atoms with Crippen molar-refractivity contribution in [3.05, 3.63) is 16.7 Å². The van der Waals surface area contributed by atoms with Crippen LogP contribution in [0.25, 0.3) is 11.2 Å². The van der Waals surface area contributed by atoms with Crippen LogP contribution in [0.15, 0.2) is 11.1 Å². The van der Waals surface area contributed by atoms with Crippen molar-refractivity contribution in [3.63, 3.8) is 0 Å². The number of aromatic nitrogens is 4. The molecule has 0 radical (unpaired) electrons. The Balaban J connectivity index is 2.10. The SMILES string of the molecule is [2H]C([2H])([2H])C(C)(C([2H])(C)C)[C@]([2H])(N)C(=O)OCCOC(C)n1cnc2c(=O)n(C)c(NC)nc21. The van der Waals surface area contributed by atoms with Crippen LogP contribution in [-0.2, 0) is 21.3 Å². The minimum Gasteiger partial charge on any atom is -0.462 e. The lowest BCUT2D eigenvalue weighted by atomic mass is 9.75. The number of fused-ring (bicyclic) bond motifs is 1. The number of carbonyl (C=O) groups excluding carboxylic acids is 1. The molecule has 2 aromatic rings. The van der Waals surface area contributed by atoms with E-state index in [1.54, 1.807) is 21.0 Å². The monoisotopic (exact) mass is 413 g/mol. The molecule has 2 heterocycles. The first-order valence-corrected chi connectivity index (χ1v) is 9.10. The van der Waals surface area contributed by atoms with Crippen LogP contribution in [0, 0.1) is 11.3 Å². The average molecular weight is 414 g/mol. The number of ether oxygens (including phenoxy) is 2. The van der Waals surface area contributed by atoms with Gasteiger partial charge in [0.25, 0.3) is 5.56 Å². The number of anilines is 1. The topological polar surface area (TPSA) is 126 Å². The summed E-state index contributed by atoms with van der Waals surface area (Å²) in [5.41, 5.74) is 3.76. The van der Waals surface area contributed by atoms with Gasteiger partial charge in [0.15, 0.2) is 11.2 Å². The highest BCUT2D eigenvalue weighted by Gasteiger charge is 2.35. The second-order valence-corrected chi connectivity index (χ2v) is 7.02. The van der Waals surface area contributed by atoms with E-state index in [0.717, 1.165) is 6.92 Å². The number of nitrogens with one attached hydrogen (secondary N) is 1. The van der Waals surface area contributed by atoms with Crippen LogP contribution in [0.4, 0.5) is 5.95 Å². The number of esters is 1. The molecular weight excluding hydrogens is 376 g/mol. The third-order valence-corrected chi connectivity index (χ3v) is 4.85. The fourth-order valence-corrected chi connectivity index (χ4v) is 2.52. The molecule has 0 amide bonds. The number of rotatable bonds is 9. The Morgan fingerprint density at radius 2 is 2.14 bits per heavy atom. The summed E-state index contributed by atoms with van der Waals surface area (Å²) in [6.07, 6.45) is 0.758. The normalized spacial score (nSPS) is 20.3. The first-order valence-electron chi connectivity index (χ1n) is 11.6. The Hall–Kier alpha value is -2.46. The van der Waals surface area contributed by atoms with Gasteiger partial charge >= 0.3 is 5.97 Å². The summed E-state index contributed by atoms with van der Waals surface area (Å²) in [5, 5.41) is 2.83. The van der Waals surface area contributed by atoms with Gasteiger partial charge in [0.2, 0.25) is 5.95 Å². The van der Waals surface area contributed by atoms with E-state index in [1.807, 2.05) is 0 Å². The minimum absolute atomic E-state index is 0.124. The molecule has 0 fully saturated rings. The number of nitrogens with zero attached hydrogens (tertiary/aromatic N) is 4. The van der Waals surface area contributed by atoms with Crippen LogP contribution in [0.1, 0.15) is 47.6 Å². The number of carbonyl (C=O) groups is 1. The van der Waals surface area contributed by atoms with E-state index >= 15 is 0 Å². The molecule has 2 aromatic heterocycles. The van der Waals surface area contributed by atoms with Gasteiger partial charge in [-0.2, -0.15) is 4.98 Å². The third-order valence-electron chi connectivity index (χ3n) is 4.85. The van der Waals surface area contributed by atoms with E-state index in [1.165, 1.54) is 29.3 Å². The summed E-state index contributed by atoms with van der Waals surface area (Å²) in [6, 6.07) is -2.72. The summed E-state index contributed by atoms with van der Waals surface area (Å²) in [5.74, 6) is -2.69. The third kappa shape index (κ3) is 4.59. The smallest absolute Gasteiger partial charge is 0.323 e. The molecule has 162 valence electrons. The molecule has 29 heavy (non-hydrogen) atoms. The number of imidazole rings is 1. The fourth-order valence-electron chi connectivity index (χ4n) is 2.52. The Morgan fingerprint density at radius 1 is 1.45 bits per heavy atom. The van der Waals surface area contributed by atoms with Gasteiger partial charge in [-0.05, 0) is 18.2 Å². The van der Waals surface area contributed by atoms with Crippen molar-refractivity contribution in [3.8, 4) is 0 Å². The van der Waals surface area contributed by atoms with Gasteiger partial charge in [-0.15, -0.1) is 0 Å². The Kier molecular flexibility index (Phi) is 5.03. The van der Waals surface area contributed by atoms with Gasteiger partial charge in [-0.25, -0.2) is 4.98 Å². The standard InChI is InChI=1S/C19H32N6O4/c1-11(2)19(4,5)14(20)17(27)29-9-8-28-12(3)25-10-22-13-15(25)23-18(21-6)24(7)16(13)26/h10-12,14H,8-9,20H2,1-7H3,(H,21,23)/t12?,14-/m1/s1/i4D3,11D,14D/t12?,14-,19?. The molecule has 10 heteroatoms. The average Bonchev–Trinajstić information content (AvgIpc) is 3.15. The van der Waals surface area contributed by atoms with Crippen LogP contribution in [0.2, 0.25) is 0 Å². The highest BCUT2D eigenvalue weighted by Crippen LogP contribution is 2.29. The molecule has 0 saturated carbocycles. The molecule has 2 rings (SSSR count). The van der Waals surface area contributed by atoms with Gasteiger partial charge in [-0.3, -0.25) is 18.7 Å². The highest BCUT2D eigenvalue weighted by molar-refractivity contribution is 5.76. The van der Waals surface area contributed by atoms with Crippen molar-refractivity contribution in [1.82, 2.24) is 19.1 Å². The lowest BCUT2D eigenvalue weighted by molar-refractivity contribution is -0.151. The summed E-state index contributed by atoms with van der Waals surface area (Å²) in [6.45, 7) is 2.03. The summed E-state index contributed by atoms with van der Waals surface area (Å²) >= 11 is 0. The molecular formula is C19H32N6O4. The zero-order valence-corrected chi connectivity index (χ0v) is 17.6. The van der Waals surface area contributed by atoms with Crippen molar-refractivity contribution in [2.24, 2.45) is 24.1 Å². The lowest BCUT2D eigenvalue weighted by Gasteiger charge is -2.33. The molecule has 10 nitrogen and oxygen atoms in total. The molecule has 0 aliphatic rings. The minimum atomic E-state index is -2.88. The van der Waals surface area contributed by atoms with Crippen molar-refractivity contribution < 1.29 is 21.1 Å². The summed E-state index contributed by atoms with van der Waals surface area (Å²) in [4.78, 5) is 33.5. The molecule has 0 aromatic carbocycles. The van der Waals surface area contributed by atoms with Gasteiger partial charge in [0, 0.05) is 19.6 Å². The van der Waals surface area contributed by atoms with E-state index in [0.29, 0.717) is 11.6 Å². The lowest BCUT2D eigenvalue weighted by Crippen LogP contribution is -2.47. The number of nitrogens with two attached hydrogens (primary N) is 1. The van der Waals surface area contributed by atoms with Gasteiger partial charge in [0.1, 0.15) is 18.9 Å². The van der Waals surface area contributed by atoms with E-state index in [9.17, 15) is 9.59 Å². The molecule has 3 atom stereocenters. The zero-order chi connectivity index (χ0) is 26.3. The van der Waals surface area contributed by atoms with Crippen LogP contribution >= 0.6 is 0 Å². The zero-order valence-electron chi connectivity index (χ0n) is 22.6. The van der Waals surface area contributed by atoms with Crippen LogP contribution < -0.4 is 16.6 Å². The highest BCUT2D eigenvalue weighted by atomic mass is 16.6. The van der Waals surface area contributed by atoms with E-state index in [-0.39, 0.29) is 24.3 Å². The van der Waals surface area contributed by atoms with Gasteiger partial charge in [0.05, 0.1) is 14.3 Å². The Labute approximate surface area is 177 Å².